The highest BCUT2D eigenvalue weighted by atomic mass is 16.5. The largest absolute Gasteiger partial charge is 0.497 e. The molecule has 1 unspecified atom stereocenters. The molecular formula is C26H52N2O2. The average Bonchev–Trinajstić information content (AvgIpc) is 2.78. The molecule has 0 radical (unpaired) electrons. The number of likely N-dealkylation sites (N-methyl/N-ethyl adjacent to an activating group) is 1. The minimum absolute atomic E-state index is 0.385. The fraction of sp³-hybridized carbons (Fsp3) is 0.923. The first-order valence-electron chi connectivity index (χ1n) is 13.0. The summed E-state index contributed by atoms with van der Waals surface area (Å²) >= 11 is 0. The van der Waals surface area contributed by atoms with Gasteiger partial charge in [-0.25, -0.2) is 0 Å². The highest BCUT2D eigenvalue weighted by Crippen LogP contribution is 2.29. The van der Waals surface area contributed by atoms with Crippen LogP contribution in [-0.4, -0.2) is 39.0 Å². The monoisotopic (exact) mass is 424 g/mol. The van der Waals surface area contributed by atoms with Crippen LogP contribution in [0.4, 0.5) is 0 Å². The van der Waals surface area contributed by atoms with E-state index in [0.29, 0.717) is 12.0 Å². The van der Waals surface area contributed by atoms with Gasteiger partial charge in [-0.1, -0.05) is 46.5 Å². The molecule has 1 rings (SSSR count). The van der Waals surface area contributed by atoms with Crippen molar-refractivity contribution in [1.29, 1.82) is 0 Å². The lowest BCUT2D eigenvalue weighted by Gasteiger charge is -2.31. The van der Waals surface area contributed by atoms with E-state index in [1.54, 1.807) is 0 Å². The molecule has 178 valence electrons. The van der Waals surface area contributed by atoms with Crippen LogP contribution in [0, 0.1) is 11.8 Å². The van der Waals surface area contributed by atoms with Crippen molar-refractivity contribution in [1.82, 2.24) is 5.32 Å². The van der Waals surface area contributed by atoms with Gasteiger partial charge in [0.15, 0.2) is 0 Å². The Labute approximate surface area is 187 Å². The Bertz CT molecular complexity index is 408. The van der Waals surface area contributed by atoms with E-state index in [1.165, 1.54) is 57.1 Å². The van der Waals surface area contributed by atoms with Gasteiger partial charge in [0.25, 0.3) is 0 Å². The van der Waals surface area contributed by atoms with Gasteiger partial charge in [-0.3, -0.25) is 0 Å². The molecule has 0 spiro atoms. The smallest absolute Gasteiger partial charge is 0.100 e. The number of allylic oxidation sites excluding steroid dienone is 2. The molecular weight excluding hydrogens is 372 g/mol. The highest BCUT2D eigenvalue weighted by molar-refractivity contribution is 4.93. The predicted molar refractivity (Wildman–Crippen MR) is 130 cm³/mol. The quantitative estimate of drug-likeness (QED) is 0.191. The van der Waals surface area contributed by atoms with Gasteiger partial charge in [-0.15, -0.1) is 0 Å². The number of hydrogen-bond donors (Lipinski definition) is 2. The number of unbranched alkanes of at least 4 members (excludes halogenated alkanes) is 3. The fourth-order valence-corrected chi connectivity index (χ4v) is 4.42. The maximum Gasteiger partial charge on any atom is 0.100 e. The third-order valence-corrected chi connectivity index (χ3v) is 6.51. The Morgan fingerprint density at radius 2 is 1.80 bits per heavy atom. The van der Waals surface area contributed by atoms with Crippen molar-refractivity contribution in [2.45, 2.75) is 110 Å². The van der Waals surface area contributed by atoms with Gasteiger partial charge in [0.2, 0.25) is 0 Å². The second-order valence-corrected chi connectivity index (χ2v) is 9.18. The molecule has 4 heteroatoms. The van der Waals surface area contributed by atoms with Crippen LogP contribution in [0.3, 0.4) is 0 Å². The summed E-state index contributed by atoms with van der Waals surface area (Å²) in [5, 5.41) is 3.32. The van der Waals surface area contributed by atoms with Crippen LogP contribution in [0.1, 0.15) is 104 Å². The minimum atomic E-state index is 0.385. The Kier molecular flexibility index (Phi) is 17.5. The van der Waals surface area contributed by atoms with Crippen LogP contribution in [0.5, 0.6) is 0 Å². The molecule has 0 heterocycles. The number of hydrogen-bond acceptors (Lipinski definition) is 4. The van der Waals surface area contributed by atoms with Crippen molar-refractivity contribution in [2.75, 3.05) is 32.9 Å². The van der Waals surface area contributed by atoms with Gasteiger partial charge < -0.3 is 20.5 Å². The van der Waals surface area contributed by atoms with Gasteiger partial charge in [0.05, 0.1) is 5.76 Å². The first kappa shape index (κ1) is 27.5. The molecule has 0 aromatic carbocycles. The third-order valence-electron chi connectivity index (χ3n) is 6.51. The Balaban J connectivity index is 2.06. The lowest BCUT2D eigenvalue weighted by molar-refractivity contribution is 0.119. The average molecular weight is 425 g/mol. The van der Waals surface area contributed by atoms with Crippen LogP contribution < -0.4 is 11.1 Å². The van der Waals surface area contributed by atoms with Crippen molar-refractivity contribution in [3.8, 4) is 0 Å². The van der Waals surface area contributed by atoms with Crippen molar-refractivity contribution in [2.24, 2.45) is 17.6 Å². The van der Waals surface area contributed by atoms with Crippen LogP contribution in [0.15, 0.2) is 11.8 Å². The summed E-state index contributed by atoms with van der Waals surface area (Å²) in [6, 6.07) is 0.385. The Morgan fingerprint density at radius 1 is 1.03 bits per heavy atom. The van der Waals surface area contributed by atoms with Gasteiger partial charge >= 0.3 is 0 Å². The van der Waals surface area contributed by atoms with Gasteiger partial charge in [-0.05, 0) is 75.8 Å². The molecule has 2 atom stereocenters. The molecule has 30 heavy (non-hydrogen) atoms. The molecule has 0 amide bonds. The minimum Gasteiger partial charge on any atom is -0.497 e. The maximum absolute atomic E-state index is 6.53. The topological polar surface area (TPSA) is 56.5 Å². The van der Waals surface area contributed by atoms with E-state index in [0.717, 1.165) is 70.9 Å². The molecule has 0 aromatic rings. The van der Waals surface area contributed by atoms with E-state index in [-0.39, 0.29) is 0 Å². The number of rotatable bonds is 19. The molecule has 1 fully saturated rings. The zero-order valence-electron chi connectivity index (χ0n) is 20.4. The predicted octanol–water partition coefficient (Wildman–Crippen LogP) is 6.20. The molecule has 0 bridgehead atoms. The zero-order valence-corrected chi connectivity index (χ0v) is 20.4. The fourth-order valence-electron chi connectivity index (χ4n) is 4.42. The first-order chi connectivity index (χ1) is 14.7. The summed E-state index contributed by atoms with van der Waals surface area (Å²) in [5.41, 5.74) is 6.53. The lowest BCUT2D eigenvalue weighted by atomic mass is 9.78. The van der Waals surface area contributed by atoms with Gasteiger partial charge in [0.1, 0.15) is 6.61 Å². The summed E-state index contributed by atoms with van der Waals surface area (Å²) in [5.74, 6) is 2.55. The van der Waals surface area contributed by atoms with Crippen LogP contribution in [0.25, 0.3) is 0 Å². The van der Waals surface area contributed by atoms with Gasteiger partial charge in [0, 0.05) is 32.2 Å². The SMILES string of the molecule is CCCC/C=C(\CCCCOCCC[C@@H](C)C(N)C1CCCCC1)OCCNCC. The lowest BCUT2D eigenvalue weighted by Crippen LogP contribution is -2.37. The van der Waals surface area contributed by atoms with E-state index >= 15 is 0 Å². The molecule has 1 aliphatic carbocycles. The number of nitrogens with one attached hydrogen (secondary N) is 1. The standard InChI is InChI=1S/C26H52N2O2/c1-4-6-8-17-25(30-22-19-28-5-2)18-11-12-20-29-21-13-14-23(3)26(27)24-15-9-7-10-16-24/h17,23-24,26,28H,4-16,18-22,27H2,1-3H3/b25-17+/t23-,26?/m1/s1. The van der Waals surface area contributed by atoms with Crippen LogP contribution in [-0.2, 0) is 9.47 Å². The molecule has 0 saturated heterocycles. The first-order valence-corrected chi connectivity index (χ1v) is 13.0. The summed E-state index contributed by atoms with van der Waals surface area (Å²) in [6.07, 6.45) is 18.4. The van der Waals surface area contributed by atoms with Crippen molar-refractivity contribution in [3.05, 3.63) is 11.8 Å². The molecule has 4 nitrogen and oxygen atoms in total. The summed E-state index contributed by atoms with van der Waals surface area (Å²) in [4.78, 5) is 0. The van der Waals surface area contributed by atoms with E-state index in [4.69, 9.17) is 15.2 Å². The normalized spacial score (nSPS) is 17.8. The van der Waals surface area contributed by atoms with Crippen molar-refractivity contribution in [3.63, 3.8) is 0 Å². The summed E-state index contributed by atoms with van der Waals surface area (Å²) in [7, 11) is 0. The Morgan fingerprint density at radius 3 is 2.53 bits per heavy atom. The van der Waals surface area contributed by atoms with E-state index in [2.05, 4.69) is 32.2 Å². The highest BCUT2D eigenvalue weighted by Gasteiger charge is 2.24. The van der Waals surface area contributed by atoms with Crippen molar-refractivity contribution < 1.29 is 9.47 Å². The van der Waals surface area contributed by atoms with Crippen molar-refractivity contribution >= 4 is 0 Å². The second kappa shape index (κ2) is 19.1. The summed E-state index contributed by atoms with van der Waals surface area (Å²) in [6.45, 7) is 11.1. The molecule has 1 saturated carbocycles. The summed E-state index contributed by atoms with van der Waals surface area (Å²) < 4.78 is 11.9. The Hall–Kier alpha value is -0.580. The molecule has 0 aromatic heterocycles. The van der Waals surface area contributed by atoms with Crippen LogP contribution in [0.2, 0.25) is 0 Å². The van der Waals surface area contributed by atoms with E-state index in [9.17, 15) is 0 Å². The number of ether oxygens (including phenoxy) is 2. The maximum atomic E-state index is 6.53. The molecule has 3 N–H and O–H groups in total. The molecule has 0 aliphatic heterocycles. The third kappa shape index (κ3) is 13.7. The van der Waals surface area contributed by atoms with Gasteiger partial charge in [-0.2, -0.15) is 0 Å². The van der Waals surface area contributed by atoms with E-state index < -0.39 is 0 Å². The second-order valence-electron chi connectivity index (χ2n) is 9.18. The van der Waals surface area contributed by atoms with Crippen LogP contribution >= 0.6 is 0 Å². The zero-order chi connectivity index (χ0) is 21.9. The molecule has 1 aliphatic rings. The number of nitrogens with two attached hydrogens (primary N) is 1. The van der Waals surface area contributed by atoms with E-state index in [1.807, 2.05) is 0 Å².